The fourth-order valence-corrected chi connectivity index (χ4v) is 5.18. The van der Waals surface area contributed by atoms with Gasteiger partial charge in [-0.1, -0.05) is 30.3 Å². The molecule has 164 valence electrons. The maximum absolute atomic E-state index is 13.8. The van der Waals surface area contributed by atoms with E-state index in [4.69, 9.17) is 0 Å². The molecule has 2 aromatic rings. The molecule has 2 aliphatic heterocycles. The van der Waals surface area contributed by atoms with Crippen LogP contribution in [0.1, 0.15) is 30.7 Å². The predicted molar refractivity (Wildman–Crippen MR) is 125 cm³/mol. The zero-order valence-electron chi connectivity index (χ0n) is 17.9. The average molecular weight is 441 g/mol. The van der Waals surface area contributed by atoms with Gasteiger partial charge in [0.05, 0.1) is 0 Å². The Kier molecular flexibility index (Phi) is 7.12. The summed E-state index contributed by atoms with van der Waals surface area (Å²) < 4.78 is 13.8. The van der Waals surface area contributed by atoms with E-state index in [1.165, 1.54) is 29.1 Å². The predicted octanol–water partition coefficient (Wildman–Crippen LogP) is 4.11. The summed E-state index contributed by atoms with van der Waals surface area (Å²) >= 11 is 1.50. The Morgan fingerprint density at radius 2 is 2.03 bits per heavy atom. The van der Waals surface area contributed by atoms with Gasteiger partial charge < -0.3 is 15.1 Å². The molecule has 1 atom stereocenters. The minimum atomic E-state index is -0.176. The molecule has 1 saturated heterocycles. The fourth-order valence-electron chi connectivity index (χ4n) is 4.38. The van der Waals surface area contributed by atoms with E-state index in [1.807, 2.05) is 11.0 Å². The lowest BCUT2D eigenvalue weighted by Gasteiger charge is -2.23. The fraction of sp³-hybridized carbons (Fsp3) is 0.417. The summed E-state index contributed by atoms with van der Waals surface area (Å²) in [5.41, 5.74) is 2.49. The molecule has 1 unspecified atom stereocenters. The number of aliphatic imine (C=N–C) groups is 1. The van der Waals surface area contributed by atoms with E-state index in [0.29, 0.717) is 23.8 Å². The van der Waals surface area contributed by atoms with Crippen molar-refractivity contribution >= 4 is 29.3 Å². The van der Waals surface area contributed by atoms with E-state index in [1.54, 1.807) is 19.2 Å². The highest BCUT2D eigenvalue weighted by molar-refractivity contribution is 7.99. The average Bonchev–Trinajstić information content (AvgIpc) is 3.37. The van der Waals surface area contributed by atoms with Crippen molar-refractivity contribution in [3.05, 3.63) is 59.9 Å². The molecule has 0 radical (unpaired) electrons. The third-order valence-electron chi connectivity index (χ3n) is 5.94. The number of anilines is 1. The monoisotopic (exact) mass is 440 g/mol. The number of guanidine groups is 1. The first-order valence-corrected chi connectivity index (χ1v) is 11.9. The molecule has 1 fully saturated rings. The summed E-state index contributed by atoms with van der Waals surface area (Å²) in [5, 5.41) is 3.43. The molecule has 7 heteroatoms. The normalized spacial score (nSPS) is 18.6. The van der Waals surface area contributed by atoms with Crippen molar-refractivity contribution in [1.29, 1.82) is 0 Å². The van der Waals surface area contributed by atoms with Crippen molar-refractivity contribution in [3.8, 4) is 0 Å². The number of hydrogen-bond acceptors (Lipinski definition) is 3. The van der Waals surface area contributed by atoms with Gasteiger partial charge in [-0.3, -0.25) is 9.79 Å². The van der Waals surface area contributed by atoms with E-state index in [2.05, 4.69) is 39.5 Å². The third kappa shape index (κ3) is 5.03. The molecular weight excluding hydrogens is 411 g/mol. The van der Waals surface area contributed by atoms with Crippen LogP contribution in [0.5, 0.6) is 0 Å². The molecule has 2 aromatic carbocycles. The summed E-state index contributed by atoms with van der Waals surface area (Å²) in [6.45, 7) is 3.25. The van der Waals surface area contributed by atoms with Crippen molar-refractivity contribution in [1.82, 2.24) is 10.2 Å². The van der Waals surface area contributed by atoms with Gasteiger partial charge in [0.1, 0.15) is 5.82 Å². The Morgan fingerprint density at radius 1 is 1.23 bits per heavy atom. The van der Waals surface area contributed by atoms with Gasteiger partial charge >= 0.3 is 0 Å². The second kappa shape index (κ2) is 10.2. The molecule has 0 aromatic heterocycles. The van der Waals surface area contributed by atoms with Gasteiger partial charge in [-0.25, -0.2) is 4.39 Å². The van der Waals surface area contributed by atoms with Crippen molar-refractivity contribution in [3.63, 3.8) is 0 Å². The number of thioether (sulfide) groups is 1. The maximum Gasteiger partial charge on any atom is 0.222 e. The Labute approximate surface area is 187 Å². The van der Waals surface area contributed by atoms with Crippen molar-refractivity contribution in [2.24, 2.45) is 4.99 Å². The van der Waals surface area contributed by atoms with Crippen LogP contribution in [0.15, 0.2) is 58.4 Å². The number of para-hydroxylation sites is 1. The Bertz CT molecular complexity index is 951. The summed E-state index contributed by atoms with van der Waals surface area (Å²) in [6, 6.07) is 15.3. The van der Waals surface area contributed by atoms with Gasteiger partial charge in [0.25, 0.3) is 0 Å². The summed E-state index contributed by atoms with van der Waals surface area (Å²) in [7, 11) is 1.80. The molecule has 2 heterocycles. The number of rotatable bonds is 7. The zero-order chi connectivity index (χ0) is 21.6. The lowest BCUT2D eigenvalue weighted by atomic mass is 9.98. The zero-order valence-corrected chi connectivity index (χ0v) is 18.7. The van der Waals surface area contributed by atoms with Crippen LogP contribution in [0.2, 0.25) is 0 Å². The maximum atomic E-state index is 13.8. The van der Waals surface area contributed by atoms with E-state index < -0.39 is 0 Å². The summed E-state index contributed by atoms with van der Waals surface area (Å²) in [4.78, 5) is 21.4. The van der Waals surface area contributed by atoms with Crippen LogP contribution in [0, 0.1) is 5.82 Å². The van der Waals surface area contributed by atoms with Crippen molar-refractivity contribution in [2.75, 3.05) is 43.9 Å². The molecule has 4 rings (SSSR count). The number of amides is 1. The number of halogens is 1. The molecule has 1 amide bonds. The van der Waals surface area contributed by atoms with Crippen LogP contribution in [0.3, 0.4) is 0 Å². The molecule has 2 aliphatic rings. The van der Waals surface area contributed by atoms with E-state index >= 15 is 0 Å². The molecule has 0 bridgehead atoms. The summed E-state index contributed by atoms with van der Waals surface area (Å²) in [5.74, 6) is 2.06. The molecule has 0 spiro atoms. The smallest absolute Gasteiger partial charge is 0.222 e. The summed E-state index contributed by atoms with van der Waals surface area (Å²) in [6.07, 6.45) is 2.63. The van der Waals surface area contributed by atoms with E-state index in [9.17, 15) is 9.18 Å². The lowest BCUT2D eigenvalue weighted by molar-refractivity contribution is -0.127. The van der Waals surface area contributed by atoms with Gasteiger partial charge in [0.2, 0.25) is 5.91 Å². The number of benzene rings is 2. The Hall–Kier alpha value is -2.54. The SMILES string of the molecule is CN=C(NCCSc1ccccc1F)N1CC(CCN2CCCC2=O)c2ccccc21. The Balaban J connectivity index is 1.35. The Morgan fingerprint density at radius 3 is 2.81 bits per heavy atom. The topological polar surface area (TPSA) is 47.9 Å². The van der Waals surface area contributed by atoms with Crippen LogP contribution in [0.4, 0.5) is 10.1 Å². The quantitative estimate of drug-likeness (QED) is 0.305. The van der Waals surface area contributed by atoms with E-state index in [0.717, 1.165) is 44.2 Å². The molecule has 0 saturated carbocycles. The van der Waals surface area contributed by atoms with Crippen molar-refractivity contribution in [2.45, 2.75) is 30.1 Å². The minimum Gasteiger partial charge on any atom is -0.355 e. The highest BCUT2D eigenvalue weighted by Gasteiger charge is 2.32. The highest BCUT2D eigenvalue weighted by atomic mass is 32.2. The van der Waals surface area contributed by atoms with Crippen LogP contribution in [-0.2, 0) is 4.79 Å². The largest absolute Gasteiger partial charge is 0.355 e. The first-order chi connectivity index (χ1) is 15.2. The number of likely N-dealkylation sites (tertiary alicyclic amines) is 1. The number of carbonyl (C=O) groups is 1. The number of fused-ring (bicyclic) bond motifs is 1. The first kappa shape index (κ1) is 21.7. The minimum absolute atomic E-state index is 0.176. The van der Waals surface area contributed by atoms with Gasteiger partial charge in [-0.05, 0) is 36.6 Å². The standard InChI is InChI=1S/C24H29FN4OS/c1-26-24(27-13-16-31-22-10-5-3-8-20(22)25)29-17-18(19-7-2-4-9-21(19)29)12-15-28-14-6-11-23(28)30/h2-5,7-10,18H,6,11-17H2,1H3,(H,26,27). The van der Waals surface area contributed by atoms with Crippen LogP contribution in [-0.4, -0.2) is 55.7 Å². The highest BCUT2D eigenvalue weighted by Crippen LogP contribution is 2.38. The number of hydrogen-bond donors (Lipinski definition) is 1. The lowest BCUT2D eigenvalue weighted by Crippen LogP contribution is -2.42. The van der Waals surface area contributed by atoms with Gasteiger partial charge in [-0.15, -0.1) is 11.8 Å². The number of nitrogens with one attached hydrogen (secondary N) is 1. The van der Waals surface area contributed by atoms with E-state index in [-0.39, 0.29) is 11.7 Å². The third-order valence-corrected chi connectivity index (χ3v) is 6.99. The molecule has 0 aliphatic carbocycles. The van der Waals surface area contributed by atoms with Crippen LogP contribution >= 0.6 is 11.8 Å². The van der Waals surface area contributed by atoms with Gasteiger partial charge in [0, 0.05) is 61.9 Å². The molecular formula is C24H29FN4OS. The second-order valence-corrected chi connectivity index (χ2v) is 9.03. The molecule has 31 heavy (non-hydrogen) atoms. The van der Waals surface area contributed by atoms with Crippen LogP contribution < -0.4 is 10.2 Å². The van der Waals surface area contributed by atoms with Gasteiger partial charge in [-0.2, -0.15) is 0 Å². The number of carbonyl (C=O) groups excluding carboxylic acids is 1. The molecule has 1 N–H and O–H groups in total. The van der Waals surface area contributed by atoms with Gasteiger partial charge in [0.15, 0.2) is 5.96 Å². The van der Waals surface area contributed by atoms with Crippen molar-refractivity contribution < 1.29 is 9.18 Å². The molecule has 5 nitrogen and oxygen atoms in total. The first-order valence-electron chi connectivity index (χ1n) is 10.9. The second-order valence-electron chi connectivity index (χ2n) is 7.89. The van der Waals surface area contributed by atoms with Crippen LogP contribution in [0.25, 0.3) is 0 Å². The number of nitrogens with zero attached hydrogens (tertiary/aromatic N) is 3.